The zero-order chi connectivity index (χ0) is 13.1. The first-order valence-corrected chi connectivity index (χ1v) is 6.51. The average molecular weight is 251 g/mol. The van der Waals surface area contributed by atoms with Crippen LogP contribution in [0.15, 0.2) is 6.20 Å². The van der Waals surface area contributed by atoms with Gasteiger partial charge in [0.15, 0.2) is 11.5 Å². The molecule has 2 heterocycles. The summed E-state index contributed by atoms with van der Waals surface area (Å²) < 4.78 is 6.98. The minimum atomic E-state index is 0.109. The second-order valence-corrected chi connectivity index (χ2v) is 5.02. The fourth-order valence-corrected chi connectivity index (χ4v) is 2.40. The van der Waals surface area contributed by atoms with Gasteiger partial charge in [0.05, 0.1) is 13.3 Å². The number of hydrogen-bond donors (Lipinski definition) is 1. The number of rotatable bonds is 5. The highest BCUT2D eigenvalue weighted by atomic mass is 16.5. The molecule has 18 heavy (non-hydrogen) atoms. The number of Topliss-reactive ketones (excluding diaryl/α,β-unsaturated/α-hetero) is 1. The summed E-state index contributed by atoms with van der Waals surface area (Å²) in [4.78, 5) is 12.4. The third kappa shape index (κ3) is 2.56. The highest BCUT2D eigenvalue weighted by Crippen LogP contribution is 2.24. The molecule has 5 nitrogen and oxygen atoms in total. The van der Waals surface area contributed by atoms with Crippen LogP contribution in [0.3, 0.4) is 0 Å². The molecule has 1 aromatic rings. The minimum Gasteiger partial charge on any atom is -0.493 e. The zero-order valence-corrected chi connectivity index (χ0v) is 11.3. The van der Waals surface area contributed by atoms with Crippen LogP contribution >= 0.6 is 0 Å². The van der Waals surface area contributed by atoms with Crippen LogP contribution < -0.4 is 10.1 Å². The van der Waals surface area contributed by atoms with Crippen molar-refractivity contribution >= 4 is 5.78 Å². The largest absolute Gasteiger partial charge is 0.493 e. The second kappa shape index (κ2) is 5.52. The Hall–Kier alpha value is -1.36. The lowest BCUT2D eigenvalue weighted by Crippen LogP contribution is -2.26. The number of carbonyl (C=O) groups is 1. The van der Waals surface area contributed by atoms with Gasteiger partial charge in [0.25, 0.3) is 0 Å². The summed E-state index contributed by atoms with van der Waals surface area (Å²) in [6.45, 7) is 5.03. The molecule has 0 radical (unpaired) electrons. The van der Waals surface area contributed by atoms with Crippen LogP contribution in [0.4, 0.5) is 0 Å². The molecule has 1 aliphatic rings. The van der Waals surface area contributed by atoms with Crippen molar-refractivity contribution in [2.75, 3.05) is 13.7 Å². The van der Waals surface area contributed by atoms with Crippen LogP contribution in [-0.2, 0) is 0 Å². The van der Waals surface area contributed by atoms with Gasteiger partial charge in [-0.25, -0.2) is 0 Å². The van der Waals surface area contributed by atoms with Gasteiger partial charge in [0.1, 0.15) is 5.69 Å². The third-order valence-electron chi connectivity index (χ3n) is 3.33. The standard InChI is InChI=1S/C13H21N3O2/c1-9(2)16-13(12(18-3)8-15-16)11(17)7-10-5-4-6-14-10/h8-10,14H,4-7H2,1-3H3. The van der Waals surface area contributed by atoms with Crippen molar-refractivity contribution in [3.05, 3.63) is 11.9 Å². The molecule has 100 valence electrons. The molecule has 1 aliphatic heterocycles. The molecule has 0 aromatic carbocycles. The third-order valence-corrected chi connectivity index (χ3v) is 3.33. The Labute approximate surface area is 108 Å². The Morgan fingerprint density at radius 2 is 2.44 bits per heavy atom. The summed E-state index contributed by atoms with van der Waals surface area (Å²) in [5, 5.41) is 7.58. The van der Waals surface area contributed by atoms with Crippen molar-refractivity contribution in [1.82, 2.24) is 15.1 Å². The van der Waals surface area contributed by atoms with Gasteiger partial charge in [-0.15, -0.1) is 0 Å². The molecule has 2 rings (SSSR count). The average Bonchev–Trinajstić information content (AvgIpc) is 2.95. The maximum absolute atomic E-state index is 12.4. The summed E-state index contributed by atoms with van der Waals surface area (Å²) in [6, 6.07) is 0.460. The molecule has 0 bridgehead atoms. The summed E-state index contributed by atoms with van der Waals surface area (Å²) >= 11 is 0. The van der Waals surface area contributed by atoms with E-state index in [1.807, 2.05) is 13.8 Å². The maximum atomic E-state index is 12.4. The monoisotopic (exact) mass is 251 g/mol. The number of aromatic nitrogens is 2. The summed E-state index contributed by atoms with van der Waals surface area (Å²) in [5.41, 5.74) is 0.598. The van der Waals surface area contributed by atoms with Crippen molar-refractivity contribution < 1.29 is 9.53 Å². The molecule has 1 fully saturated rings. The number of methoxy groups -OCH3 is 1. The van der Waals surface area contributed by atoms with E-state index in [0.29, 0.717) is 23.9 Å². The Morgan fingerprint density at radius 1 is 1.67 bits per heavy atom. The van der Waals surface area contributed by atoms with Crippen molar-refractivity contribution in [2.45, 2.75) is 45.2 Å². The van der Waals surface area contributed by atoms with E-state index in [-0.39, 0.29) is 11.8 Å². The second-order valence-electron chi connectivity index (χ2n) is 5.02. The van der Waals surface area contributed by atoms with Gasteiger partial charge in [-0.3, -0.25) is 9.48 Å². The van der Waals surface area contributed by atoms with Gasteiger partial charge in [0, 0.05) is 18.5 Å². The zero-order valence-electron chi connectivity index (χ0n) is 11.3. The van der Waals surface area contributed by atoms with E-state index in [1.54, 1.807) is 18.0 Å². The van der Waals surface area contributed by atoms with Gasteiger partial charge in [-0.1, -0.05) is 0 Å². The fourth-order valence-electron chi connectivity index (χ4n) is 2.40. The number of hydrogen-bond acceptors (Lipinski definition) is 4. The first-order chi connectivity index (χ1) is 8.63. The first-order valence-electron chi connectivity index (χ1n) is 6.51. The smallest absolute Gasteiger partial charge is 0.186 e. The van der Waals surface area contributed by atoms with Crippen molar-refractivity contribution in [3.63, 3.8) is 0 Å². The van der Waals surface area contributed by atoms with E-state index < -0.39 is 0 Å². The van der Waals surface area contributed by atoms with Crippen molar-refractivity contribution in [2.24, 2.45) is 0 Å². The Balaban J connectivity index is 2.19. The maximum Gasteiger partial charge on any atom is 0.186 e. The molecule has 1 N–H and O–H groups in total. The van der Waals surface area contributed by atoms with Crippen LogP contribution in [0.25, 0.3) is 0 Å². The molecule has 0 amide bonds. The van der Waals surface area contributed by atoms with Crippen molar-refractivity contribution in [1.29, 1.82) is 0 Å². The van der Waals surface area contributed by atoms with Crippen LogP contribution in [0.5, 0.6) is 5.75 Å². The van der Waals surface area contributed by atoms with Crippen LogP contribution in [0, 0.1) is 0 Å². The van der Waals surface area contributed by atoms with E-state index in [4.69, 9.17) is 4.74 Å². The normalized spacial score (nSPS) is 19.4. The molecule has 0 aliphatic carbocycles. The van der Waals surface area contributed by atoms with Crippen LogP contribution in [0.2, 0.25) is 0 Å². The lowest BCUT2D eigenvalue weighted by Gasteiger charge is -2.13. The molecular weight excluding hydrogens is 230 g/mol. The molecule has 5 heteroatoms. The van der Waals surface area contributed by atoms with Gasteiger partial charge in [-0.2, -0.15) is 5.10 Å². The van der Waals surface area contributed by atoms with Crippen molar-refractivity contribution in [3.8, 4) is 5.75 Å². The van der Waals surface area contributed by atoms with Gasteiger partial charge in [-0.05, 0) is 33.2 Å². The SMILES string of the molecule is COc1cnn(C(C)C)c1C(=O)CC1CCCN1. The van der Waals surface area contributed by atoms with Gasteiger partial charge in [0.2, 0.25) is 0 Å². The molecule has 1 atom stereocenters. The number of nitrogens with zero attached hydrogens (tertiary/aromatic N) is 2. The van der Waals surface area contributed by atoms with E-state index in [1.165, 1.54) is 0 Å². The van der Waals surface area contributed by atoms with Gasteiger partial charge >= 0.3 is 0 Å². The molecular formula is C13H21N3O2. The number of ether oxygens (including phenoxy) is 1. The summed E-state index contributed by atoms with van der Waals surface area (Å²) in [7, 11) is 1.58. The van der Waals surface area contributed by atoms with E-state index in [2.05, 4.69) is 10.4 Å². The molecule has 1 saturated heterocycles. The Bertz CT molecular complexity index is 420. The molecule has 1 unspecified atom stereocenters. The number of nitrogens with one attached hydrogen (secondary N) is 1. The highest BCUT2D eigenvalue weighted by Gasteiger charge is 2.25. The molecule has 0 spiro atoms. The Kier molecular flexibility index (Phi) is 4.01. The van der Waals surface area contributed by atoms with E-state index in [9.17, 15) is 4.79 Å². The first kappa shape index (κ1) is 13.1. The predicted molar refractivity (Wildman–Crippen MR) is 69.1 cm³/mol. The fraction of sp³-hybridized carbons (Fsp3) is 0.692. The highest BCUT2D eigenvalue weighted by molar-refractivity contribution is 5.97. The molecule has 1 aromatic heterocycles. The summed E-state index contributed by atoms with van der Waals surface area (Å²) in [5.74, 6) is 0.684. The topological polar surface area (TPSA) is 56.2 Å². The number of ketones is 1. The Morgan fingerprint density at radius 3 is 3.00 bits per heavy atom. The number of carbonyl (C=O) groups excluding carboxylic acids is 1. The lowest BCUT2D eigenvalue weighted by molar-refractivity contribution is 0.0956. The van der Waals surface area contributed by atoms with E-state index in [0.717, 1.165) is 19.4 Å². The van der Waals surface area contributed by atoms with Gasteiger partial charge < -0.3 is 10.1 Å². The van der Waals surface area contributed by atoms with E-state index >= 15 is 0 Å². The minimum absolute atomic E-state index is 0.109. The predicted octanol–water partition coefficient (Wildman–Crippen LogP) is 1.80. The lowest BCUT2D eigenvalue weighted by atomic mass is 10.1. The quantitative estimate of drug-likeness (QED) is 0.811. The summed E-state index contributed by atoms with van der Waals surface area (Å²) in [6.07, 6.45) is 4.37. The van der Waals surface area contributed by atoms with Crippen LogP contribution in [0.1, 0.15) is 49.6 Å². The molecule has 0 saturated carbocycles. The van der Waals surface area contributed by atoms with Crippen LogP contribution in [-0.4, -0.2) is 35.3 Å².